The smallest absolute Gasteiger partial charge is 0.211 e. The second kappa shape index (κ2) is 10.2. The van der Waals surface area contributed by atoms with Crippen LogP contribution >= 0.6 is 0 Å². The van der Waals surface area contributed by atoms with Gasteiger partial charge in [0.15, 0.2) is 0 Å². The van der Waals surface area contributed by atoms with Gasteiger partial charge in [0.05, 0.1) is 25.9 Å². The molecule has 7 heteroatoms. The second-order valence-corrected chi connectivity index (χ2v) is 11.2. The van der Waals surface area contributed by atoms with Crippen LogP contribution < -0.4 is 28.7 Å². The van der Waals surface area contributed by atoms with Gasteiger partial charge in [0.25, 0.3) is 0 Å². The molecule has 0 aliphatic carbocycles. The summed E-state index contributed by atoms with van der Waals surface area (Å²) in [6, 6.07) is 17.6. The summed E-state index contributed by atoms with van der Waals surface area (Å²) in [6.45, 7) is 4.67. The lowest BCUT2D eigenvalue weighted by molar-refractivity contribution is -0.942. The van der Waals surface area contributed by atoms with E-state index in [1.54, 1.807) is 0 Å². The first-order valence-electron chi connectivity index (χ1n) is 11.2. The molecule has 1 fully saturated rings. The van der Waals surface area contributed by atoms with Crippen LogP contribution in [0, 0.1) is 0 Å². The van der Waals surface area contributed by atoms with Gasteiger partial charge in [0, 0.05) is 35.5 Å². The third-order valence-electron chi connectivity index (χ3n) is 7.38. The van der Waals surface area contributed by atoms with Gasteiger partial charge in [-0.15, -0.1) is 0 Å². The number of likely N-dealkylation sites (tertiary alicyclic amines) is 1. The molecule has 2 aromatic carbocycles. The van der Waals surface area contributed by atoms with Gasteiger partial charge >= 0.3 is 0 Å². The van der Waals surface area contributed by atoms with Gasteiger partial charge < -0.3 is 33.4 Å². The minimum Gasteiger partial charge on any atom is -1.00 e. The van der Waals surface area contributed by atoms with Crippen LogP contribution in [-0.2, 0) is 16.4 Å². The lowest BCUT2D eigenvalue weighted by Gasteiger charge is -2.45. The van der Waals surface area contributed by atoms with E-state index in [9.17, 15) is 8.42 Å². The van der Waals surface area contributed by atoms with Crippen molar-refractivity contribution in [3.05, 3.63) is 71.4 Å². The van der Waals surface area contributed by atoms with Crippen LogP contribution in [0.4, 0.5) is 0 Å². The van der Waals surface area contributed by atoms with E-state index in [2.05, 4.69) is 72.3 Å². The van der Waals surface area contributed by atoms with Crippen LogP contribution in [0.15, 0.2) is 54.7 Å². The second-order valence-electron chi connectivity index (χ2n) is 9.18. The summed E-state index contributed by atoms with van der Waals surface area (Å²) in [5, 5.41) is 1.25. The summed E-state index contributed by atoms with van der Waals surface area (Å²) in [6.07, 6.45) is 5.02. The maximum atomic E-state index is 11.8. The standard InChI is InChI=1S/C25H34N3O2S.HI/c1-19(21-7-5-4-6-8-21)28(3)14-11-22(12-15-28)24-18-27-25-10-9-20(17-23(24)25)13-16-31(29,30)26-2;/h4-10,17-19,22,26-27H,11-16H2,1-3H3;1H/q+1;/p-1. The topological polar surface area (TPSA) is 62.0 Å². The van der Waals surface area contributed by atoms with E-state index in [1.165, 1.54) is 36.4 Å². The number of rotatable bonds is 7. The third-order valence-corrected chi connectivity index (χ3v) is 8.75. The molecule has 5 nitrogen and oxygen atoms in total. The van der Waals surface area contributed by atoms with E-state index in [-0.39, 0.29) is 29.7 Å². The molecule has 1 saturated heterocycles. The molecular formula is C25H34IN3O2S. The number of benzene rings is 2. The highest BCUT2D eigenvalue weighted by Gasteiger charge is 2.36. The molecular weight excluding hydrogens is 533 g/mol. The van der Waals surface area contributed by atoms with Gasteiger partial charge in [0.1, 0.15) is 6.04 Å². The van der Waals surface area contributed by atoms with Gasteiger partial charge in [-0.1, -0.05) is 36.4 Å². The maximum Gasteiger partial charge on any atom is 0.211 e. The number of aromatic amines is 1. The molecule has 0 bridgehead atoms. The van der Waals surface area contributed by atoms with Gasteiger partial charge in [-0.3, -0.25) is 0 Å². The molecule has 0 spiro atoms. The summed E-state index contributed by atoms with van der Waals surface area (Å²) in [5.41, 5.74) is 5.00. The Morgan fingerprint density at radius 1 is 1.12 bits per heavy atom. The maximum absolute atomic E-state index is 11.8. The van der Waals surface area contributed by atoms with Crippen molar-refractivity contribution in [3.63, 3.8) is 0 Å². The Morgan fingerprint density at radius 2 is 1.81 bits per heavy atom. The number of nitrogens with one attached hydrogen (secondary N) is 2. The highest BCUT2D eigenvalue weighted by molar-refractivity contribution is 7.89. The fourth-order valence-corrected chi connectivity index (χ4v) is 5.69. The molecule has 1 aliphatic rings. The summed E-state index contributed by atoms with van der Waals surface area (Å²) in [7, 11) is 0.669. The largest absolute Gasteiger partial charge is 1.00 e. The summed E-state index contributed by atoms with van der Waals surface area (Å²) >= 11 is 0. The van der Waals surface area contributed by atoms with Gasteiger partial charge in [-0.25, -0.2) is 13.1 Å². The fraction of sp³-hybridized carbons (Fsp3) is 0.440. The van der Waals surface area contributed by atoms with Crippen molar-refractivity contribution in [1.82, 2.24) is 9.71 Å². The molecule has 32 heavy (non-hydrogen) atoms. The summed E-state index contributed by atoms with van der Waals surface area (Å²) in [4.78, 5) is 3.43. The zero-order valence-corrected chi connectivity index (χ0v) is 22.1. The van der Waals surface area contributed by atoms with E-state index in [0.29, 0.717) is 18.4 Å². The van der Waals surface area contributed by atoms with Crippen LogP contribution in [0.1, 0.15) is 48.4 Å². The number of H-pyrrole nitrogens is 1. The first-order valence-corrected chi connectivity index (χ1v) is 12.9. The molecule has 1 atom stereocenters. The van der Waals surface area contributed by atoms with Gasteiger partial charge in [-0.05, 0) is 49.6 Å². The molecule has 1 aliphatic heterocycles. The highest BCUT2D eigenvalue weighted by Crippen LogP contribution is 2.39. The fourth-order valence-electron chi connectivity index (χ4n) is 4.98. The number of fused-ring (bicyclic) bond motifs is 1. The van der Waals surface area contributed by atoms with Crippen molar-refractivity contribution in [2.75, 3.05) is 32.9 Å². The highest BCUT2D eigenvalue weighted by atomic mass is 127. The minimum absolute atomic E-state index is 0. The lowest BCUT2D eigenvalue weighted by Crippen LogP contribution is -3.00. The minimum atomic E-state index is -3.19. The molecule has 1 unspecified atom stereocenters. The van der Waals surface area contributed by atoms with Crippen LogP contribution in [0.2, 0.25) is 0 Å². The van der Waals surface area contributed by atoms with E-state index in [0.717, 1.165) is 28.7 Å². The Bertz CT molecular complexity index is 1140. The van der Waals surface area contributed by atoms with Crippen LogP contribution in [-0.4, -0.2) is 50.8 Å². The average molecular weight is 568 g/mol. The first kappa shape index (κ1) is 25.2. The zero-order chi connectivity index (χ0) is 22.1. The van der Waals surface area contributed by atoms with Crippen molar-refractivity contribution in [2.45, 2.75) is 38.1 Å². The molecule has 1 aromatic heterocycles. The Labute approximate surface area is 209 Å². The Balaban J connectivity index is 0.00000289. The number of halogens is 1. The van der Waals surface area contributed by atoms with Gasteiger partial charge in [-0.2, -0.15) is 0 Å². The number of hydrogen-bond donors (Lipinski definition) is 2. The molecule has 2 heterocycles. The molecule has 2 N–H and O–H groups in total. The normalized spacial score (nSPS) is 22.4. The number of aromatic nitrogens is 1. The molecule has 0 amide bonds. The molecule has 0 saturated carbocycles. The first-order chi connectivity index (χ1) is 14.8. The van der Waals surface area contributed by atoms with Crippen molar-refractivity contribution in [1.29, 1.82) is 0 Å². The Hall–Kier alpha value is -1.42. The van der Waals surface area contributed by atoms with Crippen LogP contribution in [0.5, 0.6) is 0 Å². The number of hydrogen-bond acceptors (Lipinski definition) is 2. The predicted molar refractivity (Wildman–Crippen MR) is 128 cm³/mol. The number of piperidine rings is 1. The van der Waals surface area contributed by atoms with E-state index >= 15 is 0 Å². The van der Waals surface area contributed by atoms with Crippen molar-refractivity contribution < 1.29 is 36.9 Å². The third kappa shape index (κ3) is 5.38. The average Bonchev–Trinajstić information content (AvgIpc) is 3.21. The Kier molecular flexibility index (Phi) is 8.06. The van der Waals surface area contributed by atoms with Gasteiger partial charge in [0.2, 0.25) is 10.0 Å². The number of sulfonamides is 1. The van der Waals surface area contributed by atoms with Crippen molar-refractivity contribution in [3.8, 4) is 0 Å². The van der Waals surface area contributed by atoms with E-state index in [4.69, 9.17) is 0 Å². The van der Waals surface area contributed by atoms with Crippen LogP contribution in [0.25, 0.3) is 10.9 Å². The lowest BCUT2D eigenvalue weighted by atomic mass is 9.86. The molecule has 174 valence electrons. The summed E-state index contributed by atoms with van der Waals surface area (Å²) in [5.74, 6) is 0.657. The Morgan fingerprint density at radius 3 is 2.47 bits per heavy atom. The van der Waals surface area contributed by atoms with E-state index in [1.807, 2.05) is 6.07 Å². The molecule has 3 aromatic rings. The SMILES string of the molecule is CNS(=O)(=O)CCc1ccc2[nH]cc(C3CC[N+](C)(C(C)c4ccccc4)CC3)c2c1.[I-]. The monoisotopic (exact) mass is 567 g/mol. The predicted octanol–water partition coefficient (Wildman–Crippen LogP) is 1.35. The number of nitrogens with zero attached hydrogens (tertiary/aromatic N) is 1. The molecule has 4 rings (SSSR count). The van der Waals surface area contributed by atoms with E-state index < -0.39 is 10.0 Å². The van der Waals surface area contributed by atoms with Crippen molar-refractivity contribution >= 4 is 20.9 Å². The molecule has 0 radical (unpaired) electrons. The van der Waals surface area contributed by atoms with Crippen LogP contribution in [0.3, 0.4) is 0 Å². The summed E-state index contributed by atoms with van der Waals surface area (Å²) < 4.78 is 27.1. The number of quaternary nitrogens is 1. The van der Waals surface area contributed by atoms with Crippen molar-refractivity contribution in [2.24, 2.45) is 0 Å². The zero-order valence-electron chi connectivity index (χ0n) is 19.1. The number of aryl methyl sites for hydroxylation is 1. The quantitative estimate of drug-likeness (QED) is 0.335.